The van der Waals surface area contributed by atoms with E-state index >= 15 is 0 Å². The van der Waals surface area contributed by atoms with Gasteiger partial charge in [0.25, 0.3) is 0 Å². The van der Waals surface area contributed by atoms with E-state index in [1.165, 1.54) is 17.8 Å². The van der Waals surface area contributed by atoms with Crippen LogP contribution in [0.3, 0.4) is 0 Å². The predicted octanol–water partition coefficient (Wildman–Crippen LogP) is 3.32. The molecule has 0 bridgehead atoms. The van der Waals surface area contributed by atoms with Crippen molar-refractivity contribution in [3.63, 3.8) is 0 Å². The van der Waals surface area contributed by atoms with Crippen molar-refractivity contribution in [2.75, 3.05) is 10.6 Å². The number of hydrogen-bond acceptors (Lipinski definition) is 9. The quantitative estimate of drug-likeness (QED) is 0.574. The van der Waals surface area contributed by atoms with Gasteiger partial charge in [0, 0.05) is 35.4 Å². The van der Waals surface area contributed by atoms with E-state index in [1.807, 2.05) is 13.0 Å². The molecule has 0 radical (unpaired) electrons. The number of nitriles is 1. The molecule has 0 aliphatic carbocycles. The summed E-state index contributed by atoms with van der Waals surface area (Å²) in [6.45, 7) is 1.96. The molecular formula is C20H23N9S. The molecule has 1 unspecified atom stereocenters. The molecule has 6 heterocycles. The molecule has 9 nitrogen and oxygen atoms in total. The van der Waals surface area contributed by atoms with Gasteiger partial charge in [-0.15, -0.1) is 11.3 Å². The first-order valence-electron chi connectivity index (χ1n) is 10.5. The van der Waals surface area contributed by atoms with Crippen molar-refractivity contribution in [3.05, 3.63) is 17.3 Å². The van der Waals surface area contributed by atoms with Gasteiger partial charge in [0.15, 0.2) is 16.5 Å². The standard InChI is InChI=1S/C20H23N9S/c1-11-6-15(28-27-11)24-17-16-18(30-10-22-16)26-19(25-17)23-12-7-13-2-3-20(4-5-21)9-14(8-12)29(13)20/h6,10,12-14H,2-4,7-9H2,1H3,(H3,23,24,25,26,27,28)/t12-,13-,14-,20?/m0/s1. The van der Waals surface area contributed by atoms with Gasteiger partial charge in [-0.1, -0.05) is 0 Å². The van der Waals surface area contributed by atoms with Gasteiger partial charge >= 0.3 is 0 Å². The van der Waals surface area contributed by atoms with E-state index in [1.54, 1.807) is 5.51 Å². The molecule has 0 amide bonds. The zero-order valence-electron chi connectivity index (χ0n) is 16.7. The van der Waals surface area contributed by atoms with Crippen molar-refractivity contribution in [1.29, 1.82) is 5.26 Å². The maximum absolute atomic E-state index is 9.23. The molecule has 154 valence electrons. The Morgan fingerprint density at radius 2 is 2.27 bits per heavy atom. The van der Waals surface area contributed by atoms with Crippen molar-refractivity contribution < 1.29 is 0 Å². The maximum Gasteiger partial charge on any atom is 0.226 e. The summed E-state index contributed by atoms with van der Waals surface area (Å²) in [5, 5.41) is 23.3. The molecule has 10 heteroatoms. The summed E-state index contributed by atoms with van der Waals surface area (Å²) in [6.07, 6.45) is 6.33. The van der Waals surface area contributed by atoms with Crippen molar-refractivity contribution in [1.82, 2.24) is 30.0 Å². The van der Waals surface area contributed by atoms with Crippen LogP contribution in [0.15, 0.2) is 11.6 Å². The Balaban J connectivity index is 1.23. The molecule has 3 aliphatic rings. The number of piperidine rings is 1. The van der Waals surface area contributed by atoms with Gasteiger partial charge in [-0.3, -0.25) is 10.00 Å². The summed E-state index contributed by atoms with van der Waals surface area (Å²) < 4.78 is 0. The van der Waals surface area contributed by atoms with E-state index in [9.17, 15) is 5.26 Å². The van der Waals surface area contributed by atoms with Crippen LogP contribution in [0.4, 0.5) is 17.6 Å². The molecule has 0 spiro atoms. The second-order valence-corrected chi connectivity index (χ2v) is 9.63. The van der Waals surface area contributed by atoms with Gasteiger partial charge in [-0.05, 0) is 39.0 Å². The Morgan fingerprint density at radius 3 is 3.10 bits per heavy atom. The minimum atomic E-state index is 0.173. The number of rotatable bonds is 5. The number of hydrogen-bond donors (Lipinski definition) is 3. The third-order valence-corrected chi connectivity index (χ3v) is 7.62. The average molecular weight is 422 g/mol. The van der Waals surface area contributed by atoms with Gasteiger partial charge in [0.2, 0.25) is 5.95 Å². The lowest BCUT2D eigenvalue weighted by molar-refractivity contribution is -0.0880. The summed E-state index contributed by atoms with van der Waals surface area (Å²) in [7, 11) is 0. The number of fused-ring (bicyclic) bond motifs is 1. The topological polar surface area (TPSA) is 118 Å². The van der Waals surface area contributed by atoms with Crippen LogP contribution < -0.4 is 10.6 Å². The van der Waals surface area contributed by atoms with Crippen LogP contribution in [-0.4, -0.2) is 53.7 Å². The van der Waals surface area contributed by atoms with E-state index in [0.29, 0.717) is 42.1 Å². The number of aromatic amines is 1. The number of nitrogens with zero attached hydrogens (tertiary/aromatic N) is 6. The van der Waals surface area contributed by atoms with E-state index < -0.39 is 0 Å². The fourth-order valence-corrected chi connectivity index (χ4v) is 6.46. The van der Waals surface area contributed by atoms with Crippen LogP contribution in [0.2, 0.25) is 0 Å². The average Bonchev–Trinajstić information content (AvgIpc) is 3.40. The van der Waals surface area contributed by atoms with Crippen molar-refractivity contribution in [2.24, 2.45) is 0 Å². The highest BCUT2D eigenvalue weighted by Gasteiger charge is 2.60. The minimum Gasteiger partial charge on any atom is -0.351 e. The fourth-order valence-electron chi connectivity index (χ4n) is 5.81. The Labute approximate surface area is 177 Å². The third-order valence-electron chi connectivity index (χ3n) is 6.90. The van der Waals surface area contributed by atoms with Gasteiger partial charge in [-0.2, -0.15) is 15.3 Å². The van der Waals surface area contributed by atoms with Crippen molar-refractivity contribution >= 4 is 39.3 Å². The summed E-state index contributed by atoms with van der Waals surface area (Å²) in [4.78, 5) is 17.4. The molecule has 4 atom stereocenters. The number of aromatic nitrogens is 5. The van der Waals surface area contributed by atoms with Gasteiger partial charge < -0.3 is 10.6 Å². The monoisotopic (exact) mass is 421 g/mol. The van der Waals surface area contributed by atoms with E-state index in [2.05, 4.69) is 36.8 Å². The molecule has 3 aliphatic heterocycles. The van der Waals surface area contributed by atoms with Crippen LogP contribution in [-0.2, 0) is 0 Å². The summed E-state index contributed by atoms with van der Waals surface area (Å²) >= 11 is 1.51. The largest absolute Gasteiger partial charge is 0.351 e. The zero-order chi connectivity index (χ0) is 20.3. The molecule has 6 rings (SSSR count). The first-order chi connectivity index (χ1) is 14.6. The van der Waals surface area contributed by atoms with Crippen LogP contribution in [0.5, 0.6) is 0 Å². The Bertz CT molecular complexity index is 1150. The first-order valence-corrected chi connectivity index (χ1v) is 11.3. The predicted molar refractivity (Wildman–Crippen MR) is 115 cm³/mol. The lowest BCUT2D eigenvalue weighted by atomic mass is 9.72. The number of H-pyrrole nitrogens is 1. The molecule has 0 saturated carbocycles. The highest BCUT2D eigenvalue weighted by atomic mass is 32.1. The molecule has 30 heavy (non-hydrogen) atoms. The minimum absolute atomic E-state index is 0.173. The Hall–Kier alpha value is -2.77. The van der Waals surface area contributed by atoms with Crippen LogP contribution in [0.1, 0.15) is 44.2 Å². The number of aryl methyl sites for hydroxylation is 1. The number of thiazole rings is 1. The molecular weight excluding hydrogens is 398 g/mol. The second-order valence-electron chi connectivity index (χ2n) is 8.79. The third kappa shape index (κ3) is 2.76. The summed E-state index contributed by atoms with van der Waals surface area (Å²) in [6, 6.07) is 5.85. The lowest BCUT2D eigenvalue weighted by Gasteiger charge is -2.59. The van der Waals surface area contributed by atoms with Crippen LogP contribution in [0.25, 0.3) is 10.3 Å². The molecule has 3 saturated heterocycles. The summed E-state index contributed by atoms with van der Waals surface area (Å²) in [5.74, 6) is 2.03. The molecule has 3 fully saturated rings. The van der Waals surface area contributed by atoms with Crippen LogP contribution >= 0.6 is 11.3 Å². The second kappa shape index (κ2) is 6.62. The Kier molecular flexibility index (Phi) is 3.98. The lowest BCUT2D eigenvalue weighted by Crippen LogP contribution is -2.68. The molecule has 3 aromatic heterocycles. The van der Waals surface area contributed by atoms with Crippen molar-refractivity contribution in [3.8, 4) is 6.07 Å². The number of anilines is 3. The first kappa shape index (κ1) is 18.0. The van der Waals surface area contributed by atoms with Gasteiger partial charge in [0.05, 0.1) is 18.0 Å². The maximum atomic E-state index is 9.23. The summed E-state index contributed by atoms with van der Waals surface area (Å²) in [5.41, 5.74) is 3.71. The molecule has 3 aromatic rings. The fraction of sp³-hybridized carbons (Fsp3) is 0.550. The normalized spacial score (nSPS) is 29.9. The molecule has 0 aromatic carbocycles. The highest BCUT2D eigenvalue weighted by molar-refractivity contribution is 7.16. The van der Waals surface area contributed by atoms with E-state index in [4.69, 9.17) is 9.97 Å². The number of nitrogens with one attached hydrogen (secondary N) is 3. The van der Waals surface area contributed by atoms with E-state index in [0.717, 1.165) is 41.7 Å². The van der Waals surface area contributed by atoms with E-state index in [-0.39, 0.29) is 5.54 Å². The Morgan fingerprint density at radius 1 is 1.37 bits per heavy atom. The SMILES string of the molecule is Cc1cc(Nc2nc(N[C@H]3C[C@@H]4CCC5(CC#N)C[C@H](C3)N45)nc3scnc23)n[nH]1. The smallest absolute Gasteiger partial charge is 0.226 e. The van der Waals surface area contributed by atoms with Gasteiger partial charge in [-0.25, -0.2) is 9.97 Å². The molecule has 3 N–H and O–H groups in total. The van der Waals surface area contributed by atoms with Crippen LogP contribution in [0, 0.1) is 18.3 Å². The van der Waals surface area contributed by atoms with Gasteiger partial charge in [0.1, 0.15) is 5.52 Å². The van der Waals surface area contributed by atoms with Crippen molar-refractivity contribution in [2.45, 2.75) is 69.1 Å². The highest BCUT2D eigenvalue weighted by Crippen LogP contribution is 2.55. The zero-order valence-corrected chi connectivity index (χ0v) is 17.5.